The summed E-state index contributed by atoms with van der Waals surface area (Å²) in [6, 6.07) is 10.5. The monoisotopic (exact) mass is 465 g/mol. The molecule has 0 heterocycles. The number of unbranched alkanes of at least 4 members (excludes halogenated alkanes) is 2. The van der Waals surface area contributed by atoms with Crippen molar-refractivity contribution in [2.45, 2.75) is 90.0 Å². The van der Waals surface area contributed by atoms with E-state index >= 15 is 0 Å². The lowest BCUT2D eigenvalue weighted by molar-refractivity contribution is -0.164. The number of ether oxygens (including phenoxy) is 3. The van der Waals surface area contributed by atoms with E-state index in [-0.39, 0.29) is 19.6 Å². The minimum absolute atomic E-state index is 0.114. The number of nitrogens with two attached hydrogens (primary N) is 1. The molecule has 0 amide bonds. The minimum atomic E-state index is -1.80. The molecular formula is C25H43NO5Si. The number of benzene rings is 1. The van der Waals surface area contributed by atoms with E-state index in [9.17, 15) is 9.59 Å². The van der Waals surface area contributed by atoms with E-state index in [0.29, 0.717) is 13.0 Å². The Morgan fingerprint density at radius 2 is 1.50 bits per heavy atom. The molecule has 0 aliphatic rings. The Bertz CT molecular complexity index is 672. The summed E-state index contributed by atoms with van der Waals surface area (Å²) in [7, 11) is -0.987. The van der Waals surface area contributed by atoms with E-state index in [1.165, 1.54) is 31.4 Å². The van der Waals surface area contributed by atoms with Gasteiger partial charge in [0.1, 0.15) is 5.75 Å². The zero-order chi connectivity index (χ0) is 24.0. The molecule has 0 aliphatic heterocycles. The summed E-state index contributed by atoms with van der Waals surface area (Å²) in [6.45, 7) is 11.6. The van der Waals surface area contributed by atoms with Gasteiger partial charge in [0.25, 0.3) is 0 Å². The van der Waals surface area contributed by atoms with E-state index in [0.717, 1.165) is 17.7 Å². The van der Waals surface area contributed by atoms with E-state index in [2.05, 4.69) is 20.0 Å². The van der Waals surface area contributed by atoms with Crippen LogP contribution in [0.15, 0.2) is 24.3 Å². The molecule has 2 N–H and O–H groups in total. The molecule has 0 unspecified atom stereocenters. The van der Waals surface area contributed by atoms with Crippen molar-refractivity contribution in [3.05, 3.63) is 29.8 Å². The van der Waals surface area contributed by atoms with Crippen molar-refractivity contribution in [1.29, 1.82) is 0 Å². The second kappa shape index (κ2) is 14.3. The van der Waals surface area contributed by atoms with Crippen LogP contribution in [0.2, 0.25) is 25.2 Å². The average Bonchev–Trinajstić information content (AvgIpc) is 2.75. The lowest BCUT2D eigenvalue weighted by atomic mass is 9.92. The Labute approximate surface area is 195 Å². The fraction of sp³-hybridized carbons (Fsp3) is 0.680. The van der Waals surface area contributed by atoms with Crippen LogP contribution in [-0.2, 0) is 25.5 Å². The molecule has 0 saturated carbocycles. The summed E-state index contributed by atoms with van der Waals surface area (Å²) in [5, 5.41) is 0. The van der Waals surface area contributed by atoms with Gasteiger partial charge < -0.3 is 19.9 Å². The van der Waals surface area contributed by atoms with Crippen LogP contribution in [-0.4, -0.2) is 45.4 Å². The molecule has 0 aromatic heterocycles. The number of hydrogen-bond donors (Lipinski definition) is 1. The van der Waals surface area contributed by atoms with Gasteiger partial charge in [0.2, 0.25) is 5.54 Å². The highest BCUT2D eigenvalue weighted by atomic mass is 28.3. The van der Waals surface area contributed by atoms with Crippen molar-refractivity contribution < 1.29 is 23.8 Å². The number of esters is 2. The quantitative estimate of drug-likeness (QED) is 0.158. The van der Waals surface area contributed by atoms with Gasteiger partial charge >= 0.3 is 11.9 Å². The Balaban J connectivity index is 2.47. The van der Waals surface area contributed by atoms with Crippen LogP contribution in [0.5, 0.6) is 5.75 Å². The molecular weight excluding hydrogens is 422 g/mol. The molecule has 0 aliphatic carbocycles. The molecule has 182 valence electrons. The van der Waals surface area contributed by atoms with Crippen LogP contribution >= 0.6 is 0 Å². The third-order valence-electron chi connectivity index (χ3n) is 5.70. The normalized spacial score (nSPS) is 11.8. The molecule has 0 bridgehead atoms. The predicted molar refractivity (Wildman–Crippen MR) is 132 cm³/mol. The van der Waals surface area contributed by atoms with Crippen molar-refractivity contribution in [1.82, 2.24) is 0 Å². The summed E-state index contributed by atoms with van der Waals surface area (Å²) >= 11 is 0. The van der Waals surface area contributed by atoms with Crippen molar-refractivity contribution in [3.8, 4) is 5.75 Å². The van der Waals surface area contributed by atoms with Crippen LogP contribution in [0.25, 0.3) is 0 Å². The first kappa shape index (κ1) is 28.2. The van der Waals surface area contributed by atoms with Gasteiger partial charge in [0, 0.05) is 8.07 Å². The molecule has 0 saturated heterocycles. The summed E-state index contributed by atoms with van der Waals surface area (Å²) in [5.74, 6) is -0.678. The van der Waals surface area contributed by atoms with Crippen molar-refractivity contribution in [2.75, 3.05) is 19.8 Å². The van der Waals surface area contributed by atoms with Crippen LogP contribution in [0.3, 0.4) is 0 Å². The van der Waals surface area contributed by atoms with Crippen LogP contribution in [0.1, 0.15) is 58.4 Å². The molecule has 32 heavy (non-hydrogen) atoms. The van der Waals surface area contributed by atoms with E-state index in [4.69, 9.17) is 19.9 Å². The van der Waals surface area contributed by atoms with Crippen LogP contribution < -0.4 is 10.5 Å². The number of carbonyl (C=O) groups is 2. The maximum Gasteiger partial charge on any atom is 0.337 e. The largest absolute Gasteiger partial charge is 0.494 e. The summed E-state index contributed by atoms with van der Waals surface area (Å²) in [6.07, 6.45) is 5.43. The Morgan fingerprint density at radius 3 is 2.03 bits per heavy atom. The molecule has 6 nitrogen and oxygen atoms in total. The Hall–Kier alpha value is -1.86. The highest BCUT2D eigenvalue weighted by Crippen LogP contribution is 2.22. The van der Waals surface area contributed by atoms with E-state index < -0.39 is 25.6 Å². The second-order valence-corrected chi connectivity index (χ2v) is 14.5. The first-order valence-corrected chi connectivity index (χ1v) is 15.4. The molecule has 1 aromatic carbocycles. The standard InChI is InChI=1S/C25H43NO5Si/c1-6-19-32(4,5)20-11-9-10-18-31-22-14-12-21(13-15-22)16-17-25(26,23(27)29-7-2)24(28)30-8-3/h12-15H,6-11,16-20,26H2,1-5H3. The van der Waals surface area contributed by atoms with Gasteiger partial charge in [0.15, 0.2) is 0 Å². The molecule has 0 fully saturated rings. The minimum Gasteiger partial charge on any atom is -0.494 e. The first-order valence-electron chi connectivity index (χ1n) is 12.0. The Morgan fingerprint density at radius 1 is 0.906 bits per heavy atom. The number of aryl methyl sites for hydroxylation is 1. The van der Waals surface area contributed by atoms with Gasteiger partial charge in [0.05, 0.1) is 19.8 Å². The maximum atomic E-state index is 12.3. The molecule has 0 atom stereocenters. The first-order chi connectivity index (χ1) is 15.2. The zero-order valence-electron chi connectivity index (χ0n) is 20.7. The van der Waals surface area contributed by atoms with Crippen LogP contribution in [0, 0.1) is 0 Å². The van der Waals surface area contributed by atoms with Crippen molar-refractivity contribution >= 4 is 20.0 Å². The Kier molecular flexibility index (Phi) is 12.6. The second-order valence-electron chi connectivity index (χ2n) is 9.13. The van der Waals surface area contributed by atoms with Gasteiger partial charge in [-0.3, -0.25) is 0 Å². The fourth-order valence-electron chi connectivity index (χ4n) is 3.78. The summed E-state index contributed by atoms with van der Waals surface area (Å²) in [5.41, 5.74) is 5.28. The van der Waals surface area contributed by atoms with Crippen LogP contribution in [0.4, 0.5) is 0 Å². The third kappa shape index (κ3) is 9.73. The highest BCUT2D eigenvalue weighted by Gasteiger charge is 2.44. The summed E-state index contributed by atoms with van der Waals surface area (Å²) in [4.78, 5) is 24.5. The summed E-state index contributed by atoms with van der Waals surface area (Å²) < 4.78 is 15.9. The number of hydrogen-bond acceptors (Lipinski definition) is 6. The van der Waals surface area contributed by atoms with Gasteiger partial charge in [-0.2, -0.15) is 0 Å². The molecule has 1 aromatic rings. The SMILES string of the molecule is CCC[Si](C)(C)CCCCCOc1ccc(CCC(N)(C(=O)OCC)C(=O)OCC)cc1. The van der Waals surface area contributed by atoms with Gasteiger partial charge in [-0.05, 0) is 50.8 Å². The van der Waals surface area contributed by atoms with E-state index in [1.807, 2.05) is 24.3 Å². The van der Waals surface area contributed by atoms with Gasteiger partial charge in [-0.15, -0.1) is 0 Å². The lowest BCUT2D eigenvalue weighted by Gasteiger charge is -2.24. The number of carbonyl (C=O) groups excluding carboxylic acids is 2. The molecule has 1 rings (SSSR count). The highest BCUT2D eigenvalue weighted by molar-refractivity contribution is 6.77. The number of rotatable bonds is 16. The molecule has 0 spiro atoms. The average molecular weight is 466 g/mol. The smallest absolute Gasteiger partial charge is 0.337 e. The van der Waals surface area contributed by atoms with Gasteiger partial charge in [-0.25, -0.2) is 9.59 Å². The third-order valence-corrected chi connectivity index (χ3v) is 9.26. The van der Waals surface area contributed by atoms with E-state index in [1.54, 1.807) is 13.8 Å². The lowest BCUT2D eigenvalue weighted by Crippen LogP contribution is -2.57. The predicted octanol–water partition coefficient (Wildman–Crippen LogP) is 5.11. The van der Waals surface area contributed by atoms with Gasteiger partial charge in [-0.1, -0.05) is 63.5 Å². The zero-order valence-corrected chi connectivity index (χ0v) is 21.7. The maximum absolute atomic E-state index is 12.3. The van der Waals surface area contributed by atoms with Crippen molar-refractivity contribution in [3.63, 3.8) is 0 Å². The fourth-order valence-corrected chi connectivity index (χ4v) is 6.59. The molecule has 7 heteroatoms. The topological polar surface area (TPSA) is 87.9 Å². The molecule has 0 radical (unpaired) electrons. The van der Waals surface area contributed by atoms with Crippen molar-refractivity contribution in [2.24, 2.45) is 5.73 Å².